The number of aromatic nitrogens is 3. The molecule has 1 aromatic carbocycles. The van der Waals surface area contributed by atoms with Crippen molar-refractivity contribution in [2.24, 2.45) is 17.0 Å². The molecule has 2 aromatic rings. The summed E-state index contributed by atoms with van der Waals surface area (Å²) in [6.45, 7) is 6.68. The van der Waals surface area contributed by atoms with Gasteiger partial charge in [-0.15, -0.1) is 10.2 Å². The van der Waals surface area contributed by atoms with E-state index in [-0.39, 0.29) is 24.7 Å². The van der Waals surface area contributed by atoms with Crippen LogP contribution in [0.1, 0.15) is 92.5 Å². The monoisotopic (exact) mass is 474 g/mol. The highest BCUT2D eigenvalue weighted by Crippen LogP contribution is 2.48. The number of carbonyl (C=O) groups excluding carboxylic acids is 1. The normalized spacial score (nSPS) is 20.7. The molecule has 1 unspecified atom stereocenters. The third kappa shape index (κ3) is 6.01. The number of hydrogen-bond acceptors (Lipinski definition) is 5. The molecule has 2 saturated carbocycles. The van der Waals surface area contributed by atoms with Gasteiger partial charge in [0.2, 0.25) is 5.91 Å². The number of anilines is 1. The standard InChI is InChI=1S/C26H34N8O/c1-16-4-7-23(18(3)10-16)30-24(35)14-20(8-9-27)25-31-32-26(34(25)22-5-6-22)21-12-19(13-21)11-17(2)15-29-33-28/h4,7,10,17,19-22H,5-6,8,11-15H2,1-3H3,(H,30,35)/t17?,19?,20-,21?/m1/s1. The fourth-order valence-corrected chi connectivity index (χ4v) is 5.28. The van der Waals surface area contributed by atoms with E-state index in [0.29, 0.717) is 30.3 Å². The lowest BCUT2D eigenvalue weighted by atomic mass is 9.71. The summed E-state index contributed by atoms with van der Waals surface area (Å²) >= 11 is 0. The first-order chi connectivity index (χ1) is 16.9. The van der Waals surface area contributed by atoms with E-state index in [4.69, 9.17) is 5.53 Å². The predicted molar refractivity (Wildman–Crippen MR) is 134 cm³/mol. The molecular formula is C26H34N8O. The van der Waals surface area contributed by atoms with E-state index in [1.165, 1.54) is 0 Å². The molecule has 0 radical (unpaired) electrons. The Hall–Kier alpha value is -3.37. The molecule has 2 aliphatic rings. The Bertz CT molecular complexity index is 1150. The van der Waals surface area contributed by atoms with Gasteiger partial charge in [0.15, 0.2) is 0 Å². The zero-order valence-corrected chi connectivity index (χ0v) is 20.8. The molecule has 35 heavy (non-hydrogen) atoms. The first kappa shape index (κ1) is 24.7. The van der Waals surface area contributed by atoms with Crippen LogP contribution in [0.5, 0.6) is 0 Å². The van der Waals surface area contributed by atoms with Gasteiger partial charge in [-0.1, -0.05) is 29.7 Å². The molecule has 2 atom stereocenters. The van der Waals surface area contributed by atoms with Crippen LogP contribution in [0.15, 0.2) is 23.3 Å². The van der Waals surface area contributed by atoms with Crippen molar-refractivity contribution in [1.29, 1.82) is 5.26 Å². The van der Waals surface area contributed by atoms with Crippen LogP contribution in [0.3, 0.4) is 0 Å². The van der Waals surface area contributed by atoms with Gasteiger partial charge in [0.25, 0.3) is 0 Å². The predicted octanol–water partition coefficient (Wildman–Crippen LogP) is 6.09. The van der Waals surface area contributed by atoms with Gasteiger partial charge in [0.05, 0.1) is 6.07 Å². The van der Waals surface area contributed by atoms with Crippen molar-refractivity contribution in [3.8, 4) is 6.07 Å². The van der Waals surface area contributed by atoms with Gasteiger partial charge in [0, 0.05) is 47.9 Å². The summed E-state index contributed by atoms with van der Waals surface area (Å²) in [5, 5.41) is 25.3. The minimum Gasteiger partial charge on any atom is -0.326 e. The quantitative estimate of drug-likeness (QED) is 0.240. The zero-order valence-electron chi connectivity index (χ0n) is 20.8. The van der Waals surface area contributed by atoms with Gasteiger partial charge in [-0.25, -0.2) is 0 Å². The molecule has 184 valence electrons. The average molecular weight is 475 g/mol. The van der Waals surface area contributed by atoms with Gasteiger partial charge in [-0.2, -0.15) is 5.26 Å². The minimum atomic E-state index is -0.285. The Kier molecular flexibility index (Phi) is 7.72. The van der Waals surface area contributed by atoms with Crippen LogP contribution in [0, 0.1) is 37.0 Å². The molecule has 0 bridgehead atoms. The number of carbonyl (C=O) groups is 1. The summed E-state index contributed by atoms with van der Waals surface area (Å²) in [5.41, 5.74) is 11.5. The van der Waals surface area contributed by atoms with Crippen LogP contribution in [0.2, 0.25) is 0 Å². The summed E-state index contributed by atoms with van der Waals surface area (Å²) in [4.78, 5) is 15.8. The minimum absolute atomic E-state index is 0.109. The van der Waals surface area contributed by atoms with Crippen molar-refractivity contribution >= 4 is 11.6 Å². The van der Waals surface area contributed by atoms with Gasteiger partial charge in [0.1, 0.15) is 11.6 Å². The van der Waals surface area contributed by atoms with Crippen molar-refractivity contribution in [2.45, 2.75) is 83.6 Å². The summed E-state index contributed by atoms with van der Waals surface area (Å²) in [6, 6.07) is 8.58. The molecule has 0 spiro atoms. The number of hydrogen-bond donors (Lipinski definition) is 1. The SMILES string of the molecule is Cc1ccc(NC(=O)C[C@@H](CC#N)c2nnc(C3CC(CC(C)CN=[N+]=[N-])C3)n2C2CC2)c(C)c1. The lowest BCUT2D eigenvalue weighted by molar-refractivity contribution is -0.116. The maximum absolute atomic E-state index is 12.9. The average Bonchev–Trinajstić information content (AvgIpc) is 3.54. The van der Waals surface area contributed by atoms with Gasteiger partial charge in [-0.05, 0) is 74.9 Å². The molecule has 9 heteroatoms. The number of rotatable bonds is 11. The lowest BCUT2D eigenvalue weighted by Crippen LogP contribution is -2.27. The highest BCUT2D eigenvalue weighted by atomic mass is 16.1. The number of aryl methyl sites for hydroxylation is 2. The van der Waals surface area contributed by atoms with Crippen molar-refractivity contribution in [3.05, 3.63) is 51.4 Å². The van der Waals surface area contributed by atoms with Crippen LogP contribution in [-0.2, 0) is 4.79 Å². The topological polar surface area (TPSA) is 132 Å². The van der Waals surface area contributed by atoms with E-state index in [1.807, 2.05) is 32.0 Å². The number of azide groups is 1. The number of benzene rings is 1. The molecule has 2 aliphatic carbocycles. The van der Waals surface area contributed by atoms with Crippen LogP contribution in [-0.4, -0.2) is 27.2 Å². The van der Waals surface area contributed by atoms with Crippen molar-refractivity contribution in [1.82, 2.24) is 14.8 Å². The number of nitriles is 1. The summed E-state index contributed by atoms with van der Waals surface area (Å²) in [7, 11) is 0. The van der Waals surface area contributed by atoms with Gasteiger partial charge < -0.3 is 9.88 Å². The number of nitrogens with zero attached hydrogens (tertiary/aromatic N) is 7. The smallest absolute Gasteiger partial charge is 0.225 e. The second kappa shape index (κ2) is 10.9. The first-order valence-electron chi connectivity index (χ1n) is 12.6. The molecule has 1 heterocycles. The van der Waals surface area contributed by atoms with Crippen LogP contribution in [0.4, 0.5) is 5.69 Å². The van der Waals surface area contributed by atoms with E-state index in [0.717, 1.165) is 60.6 Å². The fraction of sp³-hybridized carbons (Fsp3) is 0.615. The van der Waals surface area contributed by atoms with E-state index < -0.39 is 0 Å². The van der Waals surface area contributed by atoms with Crippen molar-refractivity contribution in [3.63, 3.8) is 0 Å². The highest BCUT2D eigenvalue weighted by Gasteiger charge is 2.39. The first-order valence-corrected chi connectivity index (χ1v) is 12.6. The Morgan fingerprint density at radius 1 is 1.34 bits per heavy atom. The maximum Gasteiger partial charge on any atom is 0.225 e. The summed E-state index contributed by atoms with van der Waals surface area (Å²) < 4.78 is 2.25. The van der Waals surface area contributed by atoms with Crippen molar-refractivity contribution < 1.29 is 4.79 Å². The molecule has 2 fully saturated rings. The molecule has 1 aromatic heterocycles. The Morgan fingerprint density at radius 3 is 2.77 bits per heavy atom. The molecule has 0 saturated heterocycles. The van der Waals surface area contributed by atoms with E-state index in [1.54, 1.807) is 0 Å². The highest BCUT2D eigenvalue weighted by molar-refractivity contribution is 5.92. The second-order valence-electron chi connectivity index (χ2n) is 10.4. The molecule has 1 N–H and O–H groups in total. The third-order valence-electron chi connectivity index (χ3n) is 7.24. The largest absolute Gasteiger partial charge is 0.326 e. The Labute approximate surface area is 206 Å². The third-order valence-corrected chi connectivity index (χ3v) is 7.24. The fourth-order valence-electron chi connectivity index (χ4n) is 5.28. The van der Waals surface area contributed by atoms with Gasteiger partial charge >= 0.3 is 0 Å². The molecule has 1 amide bonds. The zero-order chi connectivity index (χ0) is 24.9. The van der Waals surface area contributed by atoms with Gasteiger partial charge in [-0.3, -0.25) is 4.79 Å². The number of amides is 1. The summed E-state index contributed by atoms with van der Waals surface area (Å²) in [6.07, 6.45) is 5.78. The summed E-state index contributed by atoms with van der Waals surface area (Å²) in [5.74, 6) is 2.74. The Morgan fingerprint density at radius 2 is 2.11 bits per heavy atom. The van der Waals surface area contributed by atoms with Crippen molar-refractivity contribution in [2.75, 3.05) is 11.9 Å². The molecular weight excluding hydrogens is 440 g/mol. The van der Waals surface area contributed by atoms with E-state index in [2.05, 4.69) is 43.1 Å². The molecule has 9 nitrogen and oxygen atoms in total. The van der Waals surface area contributed by atoms with E-state index in [9.17, 15) is 10.1 Å². The molecule has 4 rings (SSSR count). The lowest BCUT2D eigenvalue weighted by Gasteiger charge is -2.36. The molecule has 0 aliphatic heterocycles. The maximum atomic E-state index is 12.9. The van der Waals surface area contributed by atoms with Crippen LogP contribution in [0.25, 0.3) is 10.4 Å². The van der Waals surface area contributed by atoms with Crippen LogP contribution >= 0.6 is 0 Å². The van der Waals surface area contributed by atoms with E-state index >= 15 is 0 Å². The Balaban J connectivity index is 1.44. The number of nitrogens with one attached hydrogen (secondary N) is 1. The second-order valence-corrected chi connectivity index (χ2v) is 10.4. The van der Waals surface area contributed by atoms with Crippen LogP contribution < -0.4 is 5.32 Å².